The van der Waals surface area contributed by atoms with Crippen LogP contribution in [0.15, 0.2) is 53.1 Å². The predicted molar refractivity (Wildman–Crippen MR) is 101 cm³/mol. The highest BCUT2D eigenvalue weighted by Crippen LogP contribution is 2.26. The number of rotatable bonds is 5. The lowest BCUT2D eigenvalue weighted by atomic mass is 10.0. The van der Waals surface area contributed by atoms with E-state index in [4.69, 9.17) is 27.7 Å². The van der Waals surface area contributed by atoms with Crippen molar-refractivity contribution in [3.63, 3.8) is 0 Å². The van der Waals surface area contributed by atoms with Crippen LogP contribution in [0.5, 0.6) is 0 Å². The molecule has 0 bridgehead atoms. The molecular weight excluding hydrogens is 373 g/mol. The van der Waals surface area contributed by atoms with Gasteiger partial charge in [0.05, 0.1) is 10.6 Å². The molecule has 5 nitrogen and oxygen atoms in total. The smallest absolute Gasteiger partial charge is 0.253 e. The van der Waals surface area contributed by atoms with Crippen LogP contribution in [0.1, 0.15) is 36.1 Å². The number of aromatic nitrogens is 2. The number of nitrogens with zero attached hydrogens (tertiary/aromatic N) is 2. The van der Waals surface area contributed by atoms with Gasteiger partial charge in [-0.1, -0.05) is 72.5 Å². The fourth-order valence-corrected chi connectivity index (χ4v) is 2.97. The molecule has 26 heavy (non-hydrogen) atoms. The Labute approximate surface area is 161 Å². The largest absolute Gasteiger partial charge is 0.340 e. The highest BCUT2D eigenvalue weighted by molar-refractivity contribution is 6.36. The van der Waals surface area contributed by atoms with Gasteiger partial charge in [-0.3, -0.25) is 4.79 Å². The summed E-state index contributed by atoms with van der Waals surface area (Å²) in [6.45, 7) is 3.92. The molecule has 0 spiro atoms. The van der Waals surface area contributed by atoms with Gasteiger partial charge in [-0.2, -0.15) is 4.98 Å². The average Bonchev–Trinajstić information content (AvgIpc) is 3.09. The Morgan fingerprint density at radius 3 is 2.50 bits per heavy atom. The standard InChI is InChI=1S/C19H17Cl2N3O2/c1-11(2)16(22-18(25)14-9-8-13(20)10-15(14)21)19-23-17(24-26-19)12-6-4-3-5-7-12/h3-11,16H,1-2H3,(H,22,25). The second kappa shape index (κ2) is 7.89. The van der Waals surface area contributed by atoms with E-state index < -0.39 is 6.04 Å². The maximum absolute atomic E-state index is 12.6. The highest BCUT2D eigenvalue weighted by Gasteiger charge is 2.26. The highest BCUT2D eigenvalue weighted by atomic mass is 35.5. The summed E-state index contributed by atoms with van der Waals surface area (Å²) < 4.78 is 5.40. The van der Waals surface area contributed by atoms with Crippen LogP contribution in [0, 0.1) is 5.92 Å². The third-order valence-corrected chi connectivity index (χ3v) is 4.42. The fraction of sp³-hybridized carbons (Fsp3) is 0.211. The SMILES string of the molecule is CC(C)C(NC(=O)c1ccc(Cl)cc1Cl)c1nc(-c2ccccc2)no1. The Hall–Kier alpha value is -2.37. The van der Waals surface area contributed by atoms with Gasteiger partial charge in [-0.15, -0.1) is 0 Å². The Kier molecular flexibility index (Phi) is 5.59. The summed E-state index contributed by atoms with van der Waals surface area (Å²) in [5.74, 6) is 0.529. The normalized spacial score (nSPS) is 12.2. The lowest BCUT2D eigenvalue weighted by Gasteiger charge is -2.19. The predicted octanol–water partition coefficient (Wildman–Crippen LogP) is 5.17. The molecule has 0 aliphatic carbocycles. The monoisotopic (exact) mass is 389 g/mol. The first-order valence-corrected chi connectivity index (χ1v) is 8.86. The van der Waals surface area contributed by atoms with Gasteiger partial charge in [-0.05, 0) is 24.1 Å². The van der Waals surface area contributed by atoms with Crippen molar-refractivity contribution in [2.24, 2.45) is 5.92 Å². The number of hydrogen-bond acceptors (Lipinski definition) is 4. The number of halogens is 2. The molecule has 1 atom stereocenters. The molecule has 0 aliphatic rings. The molecule has 1 N–H and O–H groups in total. The molecule has 1 amide bonds. The summed E-state index contributed by atoms with van der Waals surface area (Å²) >= 11 is 12.0. The van der Waals surface area contributed by atoms with Gasteiger partial charge < -0.3 is 9.84 Å². The van der Waals surface area contributed by atoms with Crippen LogP contribution >= 0.6 is 23.2 Å². The number of benzene rings is 2. The molecule has 0 radical (unpaired) electrons. The third-order valence-electron chi connectivity index (χ3n) is 3.87. The maximum atomic E-state index is 12.6. The van der Waals surface area contributed by atoms with E-state index in [0.29, 0.717) is 22.3 Å². The Balaban J connectivity index is 1.84. The molecule has 134 valence electrons. The van der Waals surface area contributed by atoms with Crippen LogP contribution in [-0.2, 0) is 0 Å². The minimum Gasteiger partial charge on any atom is -0.340 e. The number of carbonyl (C=O) groups is 1. The van der Waals surface area contributed by atoms with E-state index in [1.165, 1.54) is 6.07 Å². The second-order valence-electron chi connectivity index (χ2n) is 6.14. The molecule has 1 heterocycles. The molecule has 7 heteroatoms. The summed E-state index contributed by atoms with van der Waals surface area (Å²) in [4.78, 5) is 17.1. The molecule has 0 saturated carbocycles. The summed E-state index contributed by atoms with van der Waals surface area (Å²) in [5, 5.41) is 7.68. The van der Waals surface area contributed by atoms with Gasteiger partial charge in [0.15, 0.2) is 0 Å². The first-order chi connectivity index (χ1) is 12.5. The van der Waals surface area contributed by atoms with E-state index in [1.54, 1.807) is 12.1 Å². The van der Waals surface area contributed by atoms with Crippen LogP contribution < -0.4 is 5.32 Å². The van der Waals surface area contributed by atoms with E-state index >= 15 is 0 Å². The van der Waals surface area contributed by atoms with E-state index in [9.17, 15) is 4.79 Å². The van der Waals surface area contributed by atoms with Gasteiger partial charge in [0.1, 0.15) is 6.04 Å². The zero-order valence-electron chi connectivity index (χ0n) is 14.2. The first-order valence-electron chi connectivity index (χ1n) is 8.10. The lowest BCUT2D eigenvalue weighted by molar-refractivity contribution is 0.0914. The van der Waals surface area contributed by atoms with Crippen molar-refractivity contribution in [2.75, 3.05) is 0 Å². The molecule has 0 aliphatic heterocycles. The number of amides is 1. The van der Waals surface area contributed by atoms with Crippen LogP contribution in [0.25, 0.3) is 11.4 Å². The minimum absolute atomic E-state index is 0.0362. The van der Waals surface area contributed by atoms with Crippen molar-refractivity contribution in [2.45, 2.75) is 19.9 Å². The van der Waals surface area contributed by atoms with Gasteiger partial charge in [0, 0.05) is 10.6 Å². The summed E-state index contributed by atoms with van der Waals surface area (Å²) in [7, 11) is 0. The van der Waals surface area contributed by atoms with E-state index in [-0.39, 0.29) is 16.8 Å². The quantitative estimate of drug-likeness (QED) is 0.653. The number of nitrogens with one attached hydrogen (secondary N) is 1. The molecule has 0 saturated heterocycles. The molecule has 2 aromatic carbocycles. The first kappa shape index (κ1) is 18.4. The Bertz CT molecular complexity index is 910. The van der Waals surface area contributed by atoms with Gasteiger partial charge in [-0.25, -0.2) is 0 Å². The van der Waals surface area contributed by atoms with Crippen molar-refractivity contribution < 1.29 is 9.32 Å². The Morgan fingerprint density at radius 2 is 1.85 bits per heavy atom. The zero-order valence-corrected chi connectivity index (χ0v) is 15.8. The average molecular weight is 390 g/mol. The van der Waals surface area contributed by atoms with Crippen LogP contribution in [-0.4, -0.2) is 16.0 Å². The topological polar surface area (TPSA) is 68.0 Å². The number of hydrogen-bond donors (Lipinski definition) is 1. The minimum atomic E-state index is -0.445. The van der Waals surface area contributed by atoms with Crippen LogP contribution in [0.2, 0.25) is 10.0 Å². The molecular formula is C19H17Cl2N3O2. The lowest BCUT2D eigenvalue weighted by Crippen LogP contribution is -2.32. The Morgan fingerprint density at radius 1 is 1.12 bits per heavy atom. The summed E-state index contributed by atoms with van der Waals surface area (Å²) in [6, 6.07) is 13.8. The van der Waals surface area contributed by atoms with Crippen molar-refractivity contribution >= 4 is 29.1 Å². The summed E-state index contributed by atoms with van der Waals surface area (Å²) in [5.41, 5.74) is 1.18. The molecule has 1 aromatic heterocycles. The van der Waals surface area contributed by atoms with E-state index in [2.05, 4.69) is 15.5 Å². The van der Waals surface area contributed by atoms with Gasteiger partial charge in [0.2, 0.25) is 11.7 Å². The van der Waals surface area contributed by atoms with Crippen molar-refractivity contribution in [3.8, 4) is 11.4 Å². The molecule has 1 unspecified atom stereocenters. The fourth-order valence-electron chi connectivity index (χ4n) is 2.47. The van der Waals surface area contributed by atoms with Crippen molar-refractivity contribution in [1.82, 2.24) is 15.5 Å². The van der Waals surface area contributed by atoms with Crippen molar-refractivity contribution in [1.29, 1.82) is 0 Å². The van der Waals surface area contributed by atoms with Crippen LogP contribution in [0.3, 0.4) is 0 Å². The third kappa shape index (κ3) is 4.06. The van der Waals surface area contributed by atoms with E-state index in [0.717, 1.165) is 5.56 Å². The second-order valence-corrected chi connectivity index (χ2v) is 6.99. The molecule has 0 fully saturated rings. The van der Waals surface area contributed by atoms with Crippen molar-refractivity contribution in [3.05, 3.63) is 70.0 Å². The van der Waals surface area contributed by atoms with Crippen LogP contribution in [0.4, 0.5) is 0 Å². The molecule has 3 aromatic rings. The maximum Gasteiger partial charge on any atom is 0.253 e. The van der Waals surface area contributed by atoms with Gasteiger partial charge >= 0.3 is 0 Å². The zero-order chi connectivity index (χ0) is 18.7. The van der Waals surface area contributed by atoms with Gasteiger partial charge in [0.25, 0.3) is 5.91 Å². The number of carbonyl (C=O) groups excluding carboxylic acids is 1. The summed E-state index contributed by atoms with van der Waals surface area (Å²) in [6.07, 6.45) is 0. The molecule has 3 rings (SSSR count). The van der Waals surface area contributed by atoms with E-state index in [1.807, 2.05) is 44.2 Å².